The Morgan fingerprint density at radius 2 is 2.00 bits per heavy atom. The highest BCUT2D eigenvalue weighted by atomic mass is 79.9. The number of nitrogens with two attached hydrogens (primary N) is 1. The second-order valence-electron chi connectivity index (χ2n) is 3.42. The van der Waals surface area contributed by atoms with E-state index in [9.17, 15) is 5.11 Å². The Labute approximate surface area is 104 Å². The fourth-order valence-corrected chi connectivity index (χ4v) is 2.19. The summed E-state index contributed by atoms with van der Waals surface area (Å²) in [6.07, 6.45) is 0. The predicted molar refractivity (Wildman–Crippen MR) is 69.5 cm³/mol. The van der Waals surface area contributed by atoms with Gasteiger partial charge in [0.15, 0.2) is 10.9 Å². The minimum absolute atomic E-state index is 0. The van der Waals surface area contributed by atoms with Crippen LogP contribution in [0.25, 0.3) is 0 Å². The molecule has 1 unspecified atom stereocenters. The largest absolute Gasteiger partial charge is 0.378 e. The lowest BCUT2D eigenvalue weighted by Crippen LogP contribution is -2.23. The lowest BCUT2D eigenvalue weighted by Gasteiger charge is -2.18. The van der Waals surface area contributed by atoms with E-state index in [0.717, 1.165) is 5.56 Å². The average molecular weight is 289 g/mol. The molecule has 0 spiro atoms. The number of aliphatic imine (C=N–C) groups is 1. The summed E-state index contributed by atoms with van der Waals surface area (Å²) in [6.45, 7) is 2.01. The van der Waals surface area contributed by atoms with Gasteiger partial charge in [0.1, 0.15) is 0 Å². The number of amidine groups is 1. The molecule has 5 heteroatoms. The molecule has 82 valence electrons. The quantitative estimate of drug-likeness (QED) is 0.828. The maximum absolute atomic E-state index is 10.1. The van der Waals surface area contributed by atoms with Gasteiger partial charge in [-0.3, -0.25) is 0 Å². The first-order valence-electron chi connectivity index (χ1n) is 4.38. The minimum Gasteiger partial charge on any atom is -0.378 e. The first kappa shape index (κ1) is 12.5. The minimum atomic E-state index is -1.12. The zero-order chi connectivity index (χ0) is 10.2. The van der Waals surface area contributed by atoms with Crippen LogP contribution in [0.3, 0.4) is 0 Å². The molecular formula is C10H13BrN2OS. The topological polar surface area (TPSA) is 58.6 Å². The number of halogens is 1. The molecule has 1 aliphatic heterocycles. The van der Waals surface area contributed by atoms with E-state index in [1.165, 1.54) is 17.3 Å². The lowest BCUT2D eigenvalue weighted by atomic mass is 10.0. The monoisotopic (exact) mass is 288 g/mol. The Balaban J connectivity index is 0.00000112. The van der Waals surface area contributed by atoms with Gasteiger partial charge in [-0.05, 0) is 6.92 Å². The second kappa shape index (κ2) is 4.55. The standard InChI is InChI=1S/C10H12N2OS.BrH/c1-7-2-4-8(5-3-7)10(13)6-14-9(11)12-10;/h2-5,13H,6H2,1H3,(H2,11,12);1H. The van der Waals surface area contributed by atoms with E-state index in [4.69, 9.17) is 5.73 Å². The van der Waals surface area contributed by atoms with Crippen LogP contribution in [-0.4, -0.2) is 16.0 Å². The number of rotatable bonds is 1. The maximum Gasteiger partial charge on any atom is 0.194 e. The van der Waals surface area contributed by atoms with Gasteiger partial charge < -0.3 is 10.8 Å². The summed E-state index contributed by atoms with van der Waals surface area (Å²) in [6, 6.07) is 7.69. The van der Waals surface area contributed by atoms with Gasteiger partial charge in [0.05, 0.1) is 5.75 Å². The van der Waals surface area contributed by atoms with Crippen molar-refractivity contribution >= 4 is 33.9 Å². The van der Waals surface area contributed by atoms with E-state index in [-0.39, 0.29) is 17.0 Å². The van der Waals surface area contributed by atoms with E-state index >= 15 is 0 Å². The van der Waals surface area contributed by atoms with Crippen LogP contribution in [-0.2, 0) is 5.72 Å². The van der Waals surface area contributed by atoms with Gasteiger partial charge in [0, 0.05) is 5.56 Å². The lowest BCUT2D eigenvalue weighted by molar-refractivity contribution is 0.0757. The van der Waals surface area contributed by atoms with Crippen molar-refractivity contribution in [2.75, 3.05) is 5.75 Å². The summed E-state index contributed by atoms with van der Waals surface area (Å²) in [5.74, 6) is 0.502. The van der Waals surface area contributed by atoms with Crippen molar-refractivity contribution in [2.24, 2.45) is 10.7 Å². The Morgan fingerprint density at radius 1 is 1.40 bits per heavy atom. The molecular weight excluding hydrogens is 276 g/mol. The van der Waals surface area contributed by atoms with Crippen molar-refractivity contribution in [3.05, 3.63) is 35.4 Å². The number of aryl methyl sites for hydroxylation is 1. The molecule has 3 N–H and O–H groups in total. The first-order valence-corrected chi connectivity index (χ1v) is 5.36. The molecule has 0 saturated carbocycles. The summed E-state index contributed by atoms with van der Waals surface area (Å²) >= 11 is 1.38. The van der Waals surface area contributed by atoms with Crippen LogP contribution in [0.15, 0.2) is 29.3 Å². The number of thioether (sulfide) groups is 1. The molecule has 0 aliphatic carbocycles. The fraction of sp³-hybridized carbons (Fsp3) is 0.300. The Hall–Kier alpha value is -0.520. The number of hydrogen-bond acceptors (Lipinski definition) is 4. The predicted octanol–water partition coefficient (Wildman–Crippen LogP) is 1.78. The van der Waals surface area contributed by atoms with Crippen molar-refractivity contribution in [1.82, 2.24) is 0 Å². The van der Waals surface area contributed by atoms with E-state index in [2.05, 4.69) is 4.99 Å². The SMILES string of the molecule is Br.Cc1ccc(C2(O)CSC(N)=N2)cc1. The van der Waals surface area contributed by atoms with Crippen LogP contribution in [0.5, 0.6) is 0 Å². The third-order valence-electron chi connectivity index (χ3n) is 2.23. The van der Waals surface area contributed by atoms with Crippen LogP contribution < -0.4 is 5.73 Å². The molecule has 1 heterocycles. The van der Waals surface area contributed by atoms with Gasteiger partial charge in [0.25, 0.3) is 0 Å². The summed E-state index contributed by atoms with van der Waals surface area (Å²) in [5, 5.41) is 10.6. The summed E-state index contributed by atoms with van der Waals surface area (Å²) < 4.78 is 0. The first-order chi connectivity index (χ1) is 6.60. The fourth-order valence-electron chi connectivity index (χ4n) is 1.39. The van der Waals surface area contributed by atoms with E-state index in [1.807, 2.05) is 31.2 Å². The summed E-state index contributed by atoms with van der Waals surface area (Å²) in [4.78, 5) is 4.03. The molecule has 0 radical (unpaired) electrons. The molecule has 15 heavy (non-hydrogen) atoms. The number of aliphatic hydroxyl groups is 1. The van der Waals surface area contributed by atoms with E-state index < -0.39 is 5.72 Å². The number of benzene rings is 1. The highest BCUT2D eigenvalue weighted by molar-refractivity contribution is 8.93. The van der Waals surface area contributed by atoms with Gasteiger partial charge >= 0.3 is 0 Å². The van der Waals surface area contributed by atoms with Gasteiger partial charge in [0.2, 0.25) is 0 Å². The van der Waals surface area contributed by atoms with Crippen LogP contribution in [0.4, 0.5) is 0 Å². The molecule has 0 bridgehead atoms. The third-order valence-corrected chi connectivity index (χ3v) is 3.16. The number of hydrogen-bond donors (Lipinski definition) is 2. The Kier molecular flexibility index (Phi) is 3.81. The van der Waals surface area contributed by atoms with Crippen molar-refractivity contribution in [2.45, 2.75) is 12.6 Å². The second-order valence-corrected chi connectivity index (χ2v) is 4.42. The molecule has 1 aliphatic rings. The van der Waals surface area contributed by atoms with Crippen LogP contribution in [0.1, 0.15) is 11.1 Å². The van der Waals surface area contributed by atoms with Gasteiger partial charge in [-0.2, -0.15) is 0 Å². The maximum atomic E-state index is 10.1. The van der Waals surface area contributed by atoms with Crippen LogP contribution >= 0.6 is 28.7 Å². The zero-order valence-corrected chi connectivity index (χ0v) is 10.8. The zero-order valence-electron chi connectivity index (χ0n) is 8.30. The van der Waals surface area contributed by atoms with Crippen molar-refractivity contribution in [3.8, 4) is 0 Å². The molecule has 1 aromatic carbocycles. The number of nitrogens with zero attached hydrogens (tertiary/aromatic N) is 1. The van der Waals surface area contributed by atoms with Crippen LogP contribution in [0, 0.1) is 6.92 Å². The molecule has 0 saturated heterocycles. The molecule has 2 rings (SSSR count). The third kappa shape index (κ3) is 2.53. The highest BCUT2D eigenvalue weighted by Crippen LogP contribution is 2.33. The van der Waals surface area contributed by atoms with Crippen LogP contribution in [0.2, 0.25) is 0 Å². The molecule has 0 aromatic heterocycles. The Morgan fingerprint density at radius 3 is 2.47 bits per heavy atom. The molecule has 1 atom stereocenters. The molecule has 1 aromatic rings. The molecule has 0 fully saturated rings. The van der Waals surface area contributed by atoms with Crippen molar-refractivity contribution < 1.29 is 5.11 Å². The normalized spacial score (nSPS) is 24.5. The Bertz CT molecular complexity index is 380. The van der Waals surface area contributed by atoms with E-state index in [1.54, 1.807) is 0 Å². The molecule has 0 amide bonds. The smallest absolute Gasteiger partial charge is 0.194 e. The average Bonchev–Trinajstić information content (AvgIpc) is 2.48. The van der Waals surface area contributed by atoms with Crippen molar-refractivity contribution in [1.29, 1.82) is 0 Å². The summed E-state index contributed by atoms with van der Waals surface area (Å²) in [5.41, 5.74) is 6.38. The van der Waals surface area contributed by atoms with Gasteiger partial charge in [-0.25, -0.2) is 4.99 Å². The summed E-state index contributed by atoms with van der Waals surface area (Å²) in [7, 11) is 0. The van der Waals surface area contributed by atoms with Crippen molar-refractivity contribution in [3.63, 3.8) is 0 Å². The van der Waals surface area contributed by atoms with Gasteiger partial charge in [-0.15, -0.1) is 17.0 Å². The van der Waals surface area contributed by atoms with E-state index in [0.29, 0.717) is 10.9 Å². The van der Waals surface area contributed by atoms with Gasteiger partial charge in [-0.1, -0.05) is 41.6 Å². The highest BCUT2D eigenvalue weighted by Gasteiger charge is 2.33. The molecule has 3 nitrogen and oxygen atoms in total.